The first kappa shape index (κ1) is 7.25. The molecule has 1 unspecified atom stereocenters. The summed E-state index contributed by atoms with van der Waals surface area (Å²) in [7, 11) is 0. The molecule has 0 aromatic heterocycles. The average Bonchev–Trinajstić information content (AvgIpc) is 1.83. The molecule has 0 bridgehead atoms. The smallest absolute Gasteiger partial charge is 0.113 e. The summed E-state index contributed by atoms with van der Waals surface area (Å²) in [4.78, 5) is 0. The number of halogens is 2. The standard InChI is InChI=1S/C7H8FI/c1-5-3-2-4-6(8)7(5)9/h2-5,7H,1H3/t5?,7-/m1/s1. The summed E-state index contributed by atoms with van der Waals surface area (Å²) in [5.74, 6) is 0.334. The van der Waals surface area contributed by atoms with Crippen LogP contribution in [0.3, 0.4) is 0 Å². The summed E-state index contributed by atoms with van der Waals surface area (Å²) >= 11 is 2.11. The van der Waals surface area contributed by atoms with Gasteiger partial charge in [-0.1, -0.05) is 41.7 Å². The van der Waals surface area contributed by atoms with Gasteiger partial charge in [-0.3, -0.25) is 0 Å². The van der Waals surface area contributed by atoms with Crippen molar-refractivity contribution >= 4 is 22.6 Å². The van der Waals surface area contributed by atoms with Crippen LogP contribution in [0.4, 0.5) is 4.39 Å². The number of rotatable bonds is 0. The molecule has 0 N–H and O–H groups in total. The van der Waals surface area contributed by atoms with Crippen LogP contribution >= 0.6 is 22.6 Å². The van der Waals surface area contributed by atoms with E-state index in [1.807, 2.05) is 13.0 Å². The molecule has 0 saturated carbocycles. The predicted molar refractivity (Wildman–Crippen MR) is 45.3 cm³/mol. The zero-order valence-electron chi connectivity index (χ0n) is 5.14. The Morgan fingerprint density at radius 1 is 1.67 bits per heavy atom. The molecular weight excluding hydrogens is 230 g/mol. The SMILES string of the molecule is CC1C=CC=C(F)[C@@H]1I. The molecule has 1 aliphatic rings. The molecule has 0 saturated heterocycles. The van der Waals surface area contributed by atoms with Crippen molar-refractivity contribution in [2.24, 2.45) is 5.92 Å². The molecule has 1 aliphatic carbocycles. The van der Waals surface area contributed by atoms with Crippen molar-refractivity contribution < 1.29 is 4.39 Å². The second kappa shape index (κ2) is 2.82. The molecule has 0 fully saturated rings. The molecule has 0 amide bonds. The second-order valence-electron chi connectivity index (χ2n) is 2.20. The largest absolute Gasteiger partial charge is 0.211 e. The van der Waals surface area contributed by atoms with Crippen LogP contribution in [-0.2, 0) is 0 Å². The zero-order valence-corrected chi connectivity index (χ0v) is 7.30. The Morgan fingerprint density at radius 3 is 2.78 bits per heavy atom. The van der Waals surface area contributed by atoms with Crippen LogP contribution in [-0.4, -0.2) is 3.92 Å². The molecule has 0 nitrogen and oxygen atoms in total. The van der Waals surface area contributed by atoms with Crippen molar-refractivity contribution in [2.75, 3.05) is 0 Å². The fourth-order valence-corrected chi connectivity index (χ4v) is 1.21. The third-order valence-corrected chi connectivity index (χ3v) is 3.12. The van der Waals surface area contributed by atoms with Crippen LogP contribution in [0.2, 0.25) is 0 Å². The molecule has 0 spiro atoms. The van der Waals surface area contributed by atoms with Gasteiger partial charge >= 0.3 is 0 Å². The third-order valence-electron chi connectivity index (χ3n) is 1.40. The Balaban J connectivity index is 2.73. The Morgan fingerprint density at radius 2 is 2.33 bits per heavy atom. The fraction of sp³-hybridized carbons (Fsp3) is 0.429. The van der Waals surface area contributed by atoms with E-state index in [4.69, 9.17) is 0 Å². The lowest BCUT2D eigenvalue weighted by atomic mass is 10.0. The van der Waals surface area contributed by atoms with Gasteiger partial charge in [-0.05, 0) is 12.0 Å². The molecule has 0 aromatic carbocycles. The van der Waals surface area contributed by atoms with Crippen LogP contribution in [0.15, 0.2) is 24.1 Å². The van der Waals surface area contributed by atoms with Crippen molar-refractivity contribution in [3.05, 3.63) is 24.1 Å². The quantitative estimate of drug-likeness (QED) is 0.449. The van der Waals surface area contributed by atoms with E-state index in [2.05, 4.69) is 22.6 Å². The fourth-order valence-electron chi connectivity index (χ4n) is 0.763. The van der Waals surface area contributed by atoms with Crippen LogP contribution in [0, 0.1) is 5.92 Å². The zero-order chi connectivity index (χ0) is 6.85. The highest BCUT2D eigenvalue weighted by Crippen LogP contribution is 2.26. The van der Waals surface area contributed by atoms with Gasteiger partial charge in [0, 0.05) is 0 Å². The highest BCUT2D eigenvalue weighted by molar-refractivity contribution is 14.1. The Hall–Kier alpha value is 0.140. The van der Waals surface area contributed by atoms with Crippen LogP contribution < -0.4 is 0 Å². The Bertz CT molecular complexity index is 160. The summed E-state index contributed by atoms with van der Waals surface area (Å²) in [6, 6.07) is 0. The van der Waals surface area contributed by atoms with Crippen LogP contribution in [0.1, 0.15) is 6.92 Å². The maximum atomic E-state index is 12.6. The molecule has 1 rings (SSSR count). The molecule has 0 aromatic rings. The van der Waals surface area contributed by atoms with Crippen molar-refractivity contribution in [2.45, 2.75) is 10.8 Å². The lowest BCUT2D eigenvalue weighted by molar-refractivity contribution is 0.557. The molecule has 2 heteroatoms. The van der Waals surface area contributed by atoms with Crippen molar-refractivity contribution in [1.82, 2.24) is 0 Å². The van der Waals surface area contributed by atoms with Crippen molar-refractivity contribution in [1.29, 1.82) is 0 Å². The molecule has 0 heterocycles. The summed E-state index contributed by atoms with van der Waals surface area (Å²) < 4.78 is 12.7. The monoisotopic (exact) mass is 238 g/mol. The predicted octanol–water partition coefficient (Wildman–Crippen LogP) is 2.85. The molecule has 9 heavy (non-hydrogen) atoms. The van der Waals surface area contributed by atoms with E-state index in [-0.39, 0.29) is 9.75 Å². The minimum Gasteiger partial charge on any atom is -0.211 e. The number of allylic oxidation sites excluding steroid dienone is 4. The lowest BCUT2D eigenvalue weighted by Gasteiger charge is -2.15. The van der Waals surface area contributed by atoms with E-state index in [1.54, 1.807) is 6.08 Å². The number of alkyl halides is 1. The normalized spacial score (nSPS) is 34.3. The highest BCUT2D eigenvalue weighted by Gasteiger charge is 2.17. The topological polar surface area (TPSA) is 0 Å². The maximum Gasteiger partial charge on any atom is 0.113 e. The first-order valence-electron chi connectivity index (χ1n) is 2.90. The van der Waals surface area contributed by atoms with E-state index in [0.717, 1.165) is 0 Å². The molecule has 2 atom stereocenters. The minimum absolute atomic E-state index is 0.00870. The maximum absolute atomic E-state index is 12.6. The van der Waals surface area contributed by atoms with Crippen LogP contribution in [0.5, 0.6) is 0 Å². The van der Waals surface area contributed by atoms with Crippen molar-refractivity contribution in [3.63, 3.8) is 0 Å². The molecular formula is C7H8FI. The van der Waals surface area contributed by atoms with E-state index in [1.165, 1.54) is 6.08 Å². The molecule has 0 aliphatic heterocycles. The van der Waals surface area contributed by atoms with Gasteiger partial charge < -0.3 is 0 Å². The van der Waals surface area contributed by atoms with E-state index in [0.29, 0.717) is 5.92 Å². The van der Waals surface area contributed by atoms with E-state index >= 15 is 0 Å². The van der Waals surface area contributed by atoms with E-state index in [9.17, 15) is 4.39 Å². The van der Waals surface area contributed by atoms with Gasteiger partial charge in [0.2, 0.25) is 0 Å². The van der Waals surface area contributed by atoms with Gasteiger partial charge in [0.05, 0.1) is 3.92 Å². The number of hydrogen-bond acceptors (Lipinski definition) is 0. The average molecular weight is 238 g/mol. The lowest BCUT2D eigenvalue weighted by Crippen LogP contribution is -2.10. The summed E-state index contributed by atoms with van der Waals surface area (Å²) in [6.07, 6.45) is 5.31. The molecule has 0 radical (unpaired) electrons. The van der Waals surface area contributed by atoms with Gasteiger partial charge in [0.25, 0.3) is 0 Å². The first-order chi connectivity index (χ1) is 4.22. The summed E-state index contributed by atoms with van der Waals surface area (Å²) in [5, 5.41) is 0. The highest BCUT2D eigenvalue weighted by atomic mass is 127. The first-order valence-corrected chi connectivity index (χ1v) is 4.14. The molecule has 50 valence electrons. The Labute approximate surface area is 68.0 Å². The van der Waals surface area contributed by atoms with Gasteiger partial charge in [-0.15, -0.1) is 0 Å². The van der Waals surface area contributed by atoms with Crippen LogP contribution in [0.25, 0.3) is 0 Å². The van der Waals surface area contributed by atoms with Crippen molar-refractivity contribution in [3.8, 4) is 0 Å². The van der Waals surface area contributed by atoms with Gasteiger partial charge in [-0.2, -0.15) is 0 Å². The van der Waals surface area contributed by atoms with E-state index < -0.39 is 0 Å². The summed E-state index contributed by atoms with van der Waals surface area (Å²) in [6.45, 7) is 2.01. The second-order valence-corrected chi connectivity index (χ2v) is 3.54. The van der Waals surface area contributed by atoms with Gasteiger partial charge in [0.15, 0.2) is 0 Å². The minimum atomic E-state index is -0.00870. The van der Waals surface area contributed by atoms with Gasteiger partial charge in [-0.25, -0.2) is 4.39 Å². The number of hydrogen-bond donors (Lipinski definition) is 0. The third kappa shape index (κ3) is 1.53. The summed E-state index contributed by atoms with van der Waals surface area (Å²) in [5.41, 5.74) is 0. The van der Waals surface area contributed by atoms with Gasteiger partial charge in [0.1, 0.15) is 5.83 Å². The Kier molecular flexibility index (Phi) is 2.27.